The van der Waals surface area contributed by atoms with Gasteiger partial charge in [-0.2, -0.15) is 0 Å². The van der Waals surface area contributed by atoms with Gasteiger partial charge in [0.1, 0.15) is 10.6 Å². The van der Waals surface area contributed by atoms with Gasteiger partial charge < -0.3 is 9.84 Å². The van der Waals surface area contributed by atoms with E-state index in [-0.39, 0.29) is 16.2 Å². The van der Waals surface area contributed by atoms with Crippen LogP contribution in [0.5, 0.6) is 5.75 Å². The van der Waals surface area contributed by atoms with Gasteiger partial charge in [-0.15, -0.1) is 0 Å². The number of benzene rings is 2. The average molecular weight is 356 g/mol. The van der Waals surface area contributed by atoms with Crippen LogP contribution in [0.3, 0.4) is 0 Å². The number of hydrogen-bond donors (Lipinski definition) is 2. The summed E-state index contributed by atoms with van der Waals surface area (Å²) >= 11 is 5.88. The highest BCUT2D eigenvalue weighted by Gasteiger charge is 2.22. The summed E-state index contributed by atoms with van der Waals surface area (Å²) in [6.07, 6.45) is 0. The van der Waals surface area contributed by atoms with E-state index in [0.29, 0.717) is 16.3 Å². The van der Waals surface area contributed by atoms with E-state index in [4.69, 9.17) is 21.4 Å². The van der Waals surface area contributed by atoms with E-state index in [0.717, 1.165) is 6.07 Å². The Morgan fingerprint density at radius 1 is 1.22 bits per heavy atom. The molecule has 0 bridgehead atoms. The van der Waals surface area contributed by atoms with Crippen molar-refractivity contribution in [3.8, 4) is 5.75 Å². The summed E-state index contributed by atoms with van der Waals surface area (Å²) in [4.78, 5) is 10.8. The number of halogens is 1. The van der Waals surface area contributed by atoms with Crippen LogP contribution in [0, 0.1) is 6.92 Å². The Kier molecular flexibility index (Phi) is 4.82. The number of carboxylic acid groups (broad SMARTS) is 1. The van der Waals surface area contributed by atoms with Crippen LogP contribution in [0.1, 0.15) is 15.9 Å². The van der Waals surface area contributed by atoms with Crippen LogP contribution in [0.15, 0.2) is 41.3 Å². The number of carbonyl (C=O) groups is 1. The number of sulfonamides is 1. The molecule has 0 radical (unpaired) electrons. The van der Waals surface area contributed by atoms with Crippen LogP contribution in [-0.4, -0.2) is 26.6 Å². The van der Waals surface area contributed by atoms with E-state index in [1.165, 1.54) is 25.3 Å². The maximum atomic E-state index is 12.6. The van der Waals surface area contributed by atoms with Gasteiger partial charge in [0.05, 0.1) is 18.4 Å². The first-order valence-electron chi connectivity index (χ1n) is 6.45. The van der Waals surface area contributed by atoms with Crippen LogP contribution in [0.4, 0.5) is 5.69 Å². The lowest BCUT2D eigenvalue weighted by Gasteiger charge is -2.14. The lowest BCUT2D eigenvalue weighted by atomic mass is 10.2. The van der Waals surface area contributed by atoms with Crippen molar-refractivity contribution in [1.82, 2.24) is 0 Å². The third-order valence-corrected chi connectivity index (χ3v) is 4.77. The topological polar surface area (TPSA) is 92.7 Å². The molecule has 0 aromatic heterocycles. The average Bonchev–Trinajstić information content (AvgIpc) is 2.50. The number of hydrogen-bond acceptors (Lipinski definition) is 4. The second kappa shape index (κ2) is 6.47. The number of nitrogens with one attached hydrogen (secondary N) is 1. The lowest BCUT2D eigenvalue weighted by molar-refractivity contribution is 0.0696. The SMILES string of the molecule is COc1ccc(C(=O)O)cc1S(=O)(=O)Nc1cc(Cl)ccc1C. The number of aryl methyl sites for hydroxylation is 1. The highest BCUT2D eigenvalue weighted by molar-refractivity contribution is 7.92. The fourth-order valence-electron chi connectivity index (χ4n) is 1.92. The largest absolute Gasteiger partial charge is 0.495 e. The fraction of sp³-hybridized carbons (Fsp3) is 0.133. The van der Waals surface area contributed by atoms with E-state index in [9.17, 15) is 13.2 Å². The molecule has 0 aliphatic rings. The zero-order chi connectivity index (χ0) is 17.2. The molecule has 8 heteroatoms. The molecule has 23 heavy (non-hydrogen) atoms. The van der Waals surface area contributed by atoms with Crippen molar-refractivity contribution in [2.75, 3.05) is 11.8 Å². The van der Waals surface area contributed by atoms with E-state index in [1.54, 1.807) is 19.1 Å². The van der Waals surface area contributed by atoms with Crippen molar-refractivity contribution in [2.45, 2.75) is 11.8 Å². The summed E-state index contributed by atoms with van der Waals surface area (Å²) in [5, 5.41) is 9.41. The normalized spacial score (nSPS) is 11.1. The third kappa shape index (κ3) is 3.75. The van der Waals surface area contributed by atoms with Crippen molar-refractivity contribution in [3.63, 3.8) is 0 Å². The summed E-state index contributed by atoms with van der Waals surface area (Å²) in [6, 6.07) is 8.39. The molecule has 122 valence electrons. The summed E-state index contributed by atoms with van der Waals surface area (Å²) in [7, 11) is -2.74. The highest BCUT2D eigenvalue weighted by Crippen LogP contribution is 2.29. The van der Waals surface area contributed by atoms with E-state index in [2.05, 4.69) is 4.72 Å². The van der Waals surface area contributed by atoms with Crippen molar-refractivity contribution >= 4 is 33.3 Å². The molecule has 0 saturated carbocycles. The Morgan fingerprint density at radius 2 is 1.91 bits per heavy atom. The first-order valence-corrected chi connectivity index (χ1v) is 8.31. The fourth-order valence-corrected chi connectivity index (χ4v) is 3.41. The first-order chi connectivity index (χ1) is 10.7. The van der Waals surface area contributed by atoms with Gasteiger partial charge in [0.25, 0.3) is 10.0 Å². The van der Waals surface area contributed by atoms with Gasteiger partial charge in [-0.05, 0) is 42.8 Å². The molecule has 0 atom stereocenters. The number of rotatable bonds is 5. The highest BCUT2D eigenvalue weighted by atomic mass is 35.5. The molecule has 0 heterocycles. The molecular weight excluding hydrogens is 342 g/mol. The Hall–Kier alpha value is -2.25. The molecule has 2 aromatic rings. The molecule has 0 amide bonds. The second-order valence-electron chi connectivity index (χ2n) is 4.74. The van der Waals surface area contributed by atoms with E-state index in [1.807, 2.05) is 0 Å². The maximum absolute atomic E-state index is 12.6. The minimum atomic E-state index is -4.05. The van der Waals surface area contributed by atoms with Crippen LogP contribution in [-0.2, 0) is 10.0 Å². The van der Waals surface area contributed by atoms with E-state index < -0.39 is 16.0 Å². The number of methoxy groups -OCH3 is 1. The molecule has 2 aromatic carbocycles. The first kappa shape index (κ1) is 17.1. The molecule has 2 N–H and O–H groups in total. The maximum Gasteiger partial charge on any atom is 0.335 e. The van der Waals surface area contributed by atoms with Crippen LogP contribution < -0.4 is 9.46 Å². The molecule has 0 saturated heterocycles. The quantitative estimate of drug-likeness (QED) is 0.859. The van der Waals surface area contributed by atoms with Gasteiger partial charge in [0, 0.05) is 5.02 Å². The van der Waals surface area contributed by atoms with Gasteiger partial charge in [-0.3, -0.25) is 4.72 Å². The van der Waals surface area contributed by atoms with Crippen LogP contribution in [0.25, 0.3) is 0 Å². The van der Waals surface area contributed by atoms with Crippen molar-refractivity contribution < 1.29 is 23.1 Å². The minimum Gasteiger partial charge on any atom is -0.495 e. The molecule has 0 aliphatic heterocycles. The smallest absolute Gasteiger partial charge is 0.335 e. The van der Waals surface area contributed by atoms with Crippen molar-refractivity contribution in [3.05, 3.63) is 52.5 Å². The van der Waals surface area contributed by atoms with Gasteiger partial charge in [-0.1, -0.05) is 17.7 Å². The van der Waals surface area contributed by atoms with Gasteiger partial charge in [-0.25, -0.2) is 13.2 Å². The number of aromatic carboxylic acids is 1. The zero-order valence-electron chi connectivity index (χ0n) is 12.3. The Morgan fingerprint density at radius 3 is 2.52 bits per heavy atom. The summed E-state index contributed by atoms with van der Waals surface area (Å²) in [5.41, 5.74) is 0.820. The van der Waals surface area contributed by atoms with E-state index >= 15 is 0 Å². The van der Waals surface area contributed by atoms with Gasteiger partial charge in [0.15, 0.2) is 0 Å². The number of ether oxygens (including phenoxy) is 1. The predicted octanol–water partition coefficient (Wildman–Crippen LogP) is 3.16. The molecule has 0 spiro atoms. The van der Waals surface area contributed by atoms with Crippen LogP contribution in [0.2, 0.25) is 5.02 Å². The standard InChI is InChI=1S/C15H14ClNO5S/c1-9-3-5-11(16)8-12(9)17-23(20,21)14-7-10(15(18)19)4-6-13(14)22-2/h3-8,17H,1-2H3,(H,18,19). The molecule has 0 fully saturated rings. The van der Waals surface area contributed by atoms with Crippen molar-refractivity contribution in [2.24, 2.45) is 0 Å². The van der Waals surface area contributed by atoms with Gasteiger partial charge in [0.2, 0.25) is 0 Å². The third-order valence-electron chi connectivity index (χ3n) is 3.14. The Balaban J connectivity index is 2.52. The minimum absolute atomic E-state index is 0.0437. The Bertz CT molecular complexity index is 864. The summed E-state index contributed by atoms with van der Waals surface area (Å²) < 4.78 is 32.6. The second-order valence-corrected chi connectivity index (χ2v) is 6.82. The van der Waals surface area contributed by atoms with Crippen molar-refractivity contribution in [1.29, 1.82) is 0 Å². The number of carboxylic acids is 1. The molecule has 6 nitrogen and oxygen atoms in total. The zero-order valence-corrected chi connectivity index (χ0v) is 13.9. The monoisotopic (exact) mass is 355 g/mol. The summed E-state index contributed by atoms with van der Waals surface area (Å²) in [5.74, 6) is -1.19. The number of anilines is 1. The molecule has 0 aliphatic carbocycles. The summed E-state index contributed by atoms with van der Waals surface area (Å²) in [6.45, 7) is 1.72. The molecular formula is C15H14ClNO5S. The lowest BCUT2D eigenvalue weighted by Crippen LogP contribution is -2.15. The Labute approximate surface area is 138 Å². The predicted molar refractivity (Wildman–Crippen MR) is 87.0 cm³/mol. The van der Waals surface area contributed by atoms with Crippen LogP contribution >= 0.6 is 11.6 Å². The van der Waals surface area contributed by atoms with Gasteiger partial charge >= 0.3 is 5.97 Å². The molecule has 2 rings (SSSR count). The molecule has 0 unspecified atom stereocenters.